The molecule has 1 aliphatic heterocycles. The van der Waals surface area contributed by atoms with Gasteiger partial charge in [-0.25, -0.2) is 0 Å². The molecule has 32 heavy (non-hydrogen) atoms. The molecule has 10 nitrogen and oxygen atoms in total. The van der Waals surface area contributed by atoms with E-state index >= 15 is 0 Å². The Morgan fingerprint density at radius 3 is 2.56 bits per heavy atom. The molecule has 1 aromatic carbocycles. The molecule has 0 aliphatic carbocycles. The Kier molecular flexibility index (Phi) is 5.67. The van der Waals surface area contributed by atoms with Crippen LogP contribution in [0.25, 0.3) is 11.5 Å². The highest BCUT2D eigenvalue weighted by molar-refractivity contribution is 5.60. The van der Waals surface area contributed by atoms with Crippen LogP contribution < -0.4 is 15.5 Å². The van der Waals surface area contributed by atoms with E-state index in [1.54, 1.807) is 6.26 Å². The lowest BCUT2D eigenvalue weighted by Gasteiger charge is -2.32. The summed E-state index contributed by atoms with van der Waals surface area (Å²) in [5, 5.41) is 13.8. The van der Waals surface area contributed by atoms with Crippen molar-refractivity contribution in [2.24, 2.45) is 0 Å². The summed E-state index contributed by atoms with van der Waals surface area (Å²) >= 11 is 0. The van der Waals surface area contributed by atoms with Gasteiger partial charge >= 0.3 is 0 Å². The summed E-state index contributed by atoms with van der Waals surface area (Å²) in [4.78, 5) is 18.4. The molecule has 0 spiro atoms. The van der Waals surface area contributed by atoms with Crippen molar-refractivity contribution in [1.82, 2.24) is 30.0 Å². The van der Waals surface area contributed by atoms with Crippen LogP contribution in [0.15, 0.2) is 59.2 Å². The number of hydrogen-bond acceptors (Lipinski definition) is 9. The molecule has 3 aromatic heterocycles. The average molecular weight is 432 g/mol. The van der Waals surface area contributed by atoms with E-state index in [-0.39, 0.29) is 0 Å². The van der Waals surface area contributed by atoms with Crippen LogP contribution in [0.3, 0.4) is 0 Å². The van der Waals surface area contributed by atoms with Gasteiger partial charge in [-0.05, 0) is 24.7 Å². The topological polar surface area (TPSA) is 111 Å². The highest BCUT2D eigenvalue weighted by atomic mass is 16.3. The minimum Gasteiger partial charge on any atom is -0.463 e. The molecule has 0 radical (unpaired) electrons. The molecule has 4 aromatic rings. The second-order valence-electron chi connectivity index (χ2n) is 7.68. The summed E-state index contributed by atoms with van der Waals surface area (Å²) in [7, 11) is 2.12. The first-order valence-corrected chi connectivity index (χ1v) is 10.6. The number of aromatic nitrogens is 5. The number of nitrogens with zero attached hydrogens (tertiary/aromatic N) is 6. The molecule has 164 valence electrons. The first-order chi connectivity index (χ1) is 15.7. The molecular formula is C22H25N9O. The van der Waals surface area contributed by atoms with Crippen LogP contribution >= 0.6 is 0 Å². The number of piperazine rings is 1. The van der Waals surface area contributed by atoms with Crippen LogP contribution in [0.5, 0.6) is 0 Å². The number of likely N-dealkylation sites (N-methyl/N-ethyl adjacent to an activating group) is 1. The van der Waals surface area contributed by atoms with Crippen molar-refractivity contribution in [1.29, 1.82) is 0 Å². The van der Waals surface area contributed by atoms with Gasteiger partial charge in [-0.2, -0.15) is 20.1 Å². The molecule has 3 N–H and O–H groups in total. The van der Waals surface area contributed by atoms with Crippen molar-refractivity contribution < 1.29 is 4.42 Å². The second-order valence-corrected chi connectivity index (χ2v) is 7.68. The summed E-state index contributed by atoms with van der Waals surface area (Å²) < 4.78 is 5.42. The monoisotopic (exact) mass is 431 g/mol. The van der Waals surface area contributed by atoms with Crippen LogP contribution in [0.4, 0.5) is 23.7 Å². The summed E-state index contributed by atoms with van der Waals surface area (Å²) in [6.45, 7) is 4.28. The van der Waals surface area contributed by atoms with E-state index in [4.69, 9.17) is 4.42 Å². The molecule has 1 aliphatic rings. The number of nitrogens with one attached hydrogen (secondary N) is 3. The number of anilines is 4. The maximum absolute atomic E-state index is 5.42. The molecule has 0 atom stereocenters. The third-order valence-corrected chi connectivity index (χ3v) is 5.31. The number of rotatable bonds is 7. The third kappa shape index (κ3) is 4.70. The minimum absolute atomic E-state index is 0.432. The Hall–Kier alpha value is -3.92. The number of hydrogen-bond donors (Lipinski definition) is 3. The maximum atomic E-state index is 5.42. The van der Waals surface area contributed by atoms with E-state index in [1.165, 1.54) is 0 Å². The lowest BCUT2D eigenvalue weighted by atomic mass is 10.2. The molecule has 0 unspecified atom stereocenters. The quantitative estimate of drug-likeness (QED) is 0.407. The summed E-state index contributed by atoms with van der Waals surface area (Å²) in [5.74, 6) is 2.91. The average Bonchev–Trinajstić information content (AvgIpc) is 3.51. The predicted molar refractivity (Wildman–Crippen MR) is 123 cm³/mol. The van der Waals surface area contributed by atoms with Gasteiger partial charge in [0.05, 0.1) is 6.26 Å². The van der Waals surface area contributed by atoms with Gasteiger partial charge in [0, 0.05) is 38.8 Å². The largest absolute Gasteiger partial charge is 0.463 e. The van der Waals surface area contributed by atoms with Gasteiger partial charge in [0.15, 0.2) is 11.6 Å². The van der Waals surface area contributed by atoms with Gasteiger partial charge in [0.2, 0.25) is 17.8 Å². The first kappa shape index (κ1) is 20.0. The molecule has 0 bridgehead atoms. The summed E-state index contributed by atoms with van der Waals surface area (Å²) in [6.07, 6.45) is 1.63. The molecule has 10 heteroatoms. The fourth-order valence-corrected chi connectivity index (χ4v) is 3.48. The fraction of sp³-hybridized carbons (Fsp3) is 0.273. The normalized spacial score (nSPS) is 14.5. The Bertz CT molecular complexity index is 1140. The predicted octanol–water partition coefficient (Wildman–Crippen LogP) is 2.96. The summed E-state index contributed by atoms with van der Waals surface area (Å²) in [5.41, 5.74) is 1.92. The Morgan fingerprint density at radius 1 is 0.969 bits per heavy atom. The highest BCUT2D eigenvalue weighted by Crippen LogP contribution is 2.23. The first-order valence-electron chi connectivity index (χ1n) is 10.6. The smallest absolute Gasteiger partial charge is 0.235 e. The molecule has 1 fully saturated rings. The number of furan rings is 1. The van der Waals surface area contributed by atoms with E-state index in [2.05, 4.69) is 64.8 Å². The van der Waals surface area contributed by atoms with Crippen LogP contribution in [-0.4, -0.2) is 63.3 Å². The van der Waals surface area contributed by atoms with Crippen LogP contribution in [0.1, 0.15) is 5.56 Å². The number of H-pyrrole nitrogens is 1. The van der Waals surface area contributed by atoms with E-state index in [9.17, 15) is 0 Å². The third-order valence-electron chi connectivity index (χ3n) is 5.31. The lowest BCUT2D eigenvalue weighted by Crippen LogP contribution is -2.45. The Balaban J connectivity index is 1.38. The van der Waals surface area contributed by atoms with Gasteiger partial charge in [0.25, 0.3) is 0 Å². The van der Waals surface area contributed by atoms with Crippen LogP contribution in [-0.2, 0) is 6.54 Å². The van der Waals surface area contributed by atoms with Crippen molar-refractivity contribution in [2.75, 3.05) is 48.8 Å². The van der Waals surface area contributed by atoms with Crippen molar-refractivity contribution in [3.63, 3.8) is 0 Å². The standard InChI is InChI=1S/C22H25N9O/c1-30-9-11-31(12-10-30)22-26-20(23-15-16-6-3-2-4-7-16)25-21(27-22)24-19-14-17(28-29-19)18-8-5-13-32-18/h2-8,13-14H,9-12,15H2,1H3,(H3,23,24,25,26,27,28,29). The molecule has 0 amide bonds. The molecule has 1 saturated heterocycles. The van der Waals surface area contributed by atoms with E-state index in [0.29, 0.717) is 36.0 Å². The zero-order valence-electron chi connectivity index (χ0n) is 17.8. The zero-order chi connectivity index (χ0) is 21.8. The van der Waals surface area contributed by atoms with Crippen LogP contribution in [0, 0.1) is 0 Å². The van der Waals surface area contributed by atoms with Gasteiger partial charge < -0.3 is 24.9 Å². The summed E-state index contributed by atoms with van der Waals surface area (Å²) in [6, 6.07) is 15.7. The van der Waals surface area contributed by atoms with Gasteiger partial charge in [-0.3, -0.25) is 5.10 Å². The SMILES string of the molecule is CN1CCN(c2nc(NCc3ccccc3)nc(Nc3cc(-c4ccco4)[nH]n3)n2)CC1. The van der Waals surface area contributed by atoms with Crippen molar-refractivity contribution in [3.8, 4) is 11.5 Å². The second kappa shape index (κ2) is 9.06. The van der Waals surface area contributed by atoms with Gasteiger partial charge in [0.1, 0.15) is 5.69 Å². The van der Waals surface area contributed by atoms with Crippen LogP contribution in [0.2, 0.25) is 0 Å². The Morgan fingerprint density at radius 2 is 1.78 bits per heavy atom. The molecular weight excluding hydrogens is 406 g/mol. The molecule has 0 saturated carbocycles. The van der Waals surface area contributed by atoms with Crippen molar-refractivity contribution in [2.45, 2.75) is 6.54 Å². The Labute approximate surface area is 185 Å². The molecule has 4 heterocycles. The van der Waals surface area contributed by atoms with Crippen molar-refractivity contribution >= 4 is 23.7 Å². The minimum atomic E-state index is 0.432. The number of aromatic amines is 1. The maximum Gasteiger partial charge on any atom is 0.235 e. The van der Waals surface area contributed by atoms with E-state index in [0.717, 1.165) is 37.4 Å². The highest BCUT2D eigenvalue weighted by Gasteiger charge is 2.19. The fourth-order valence-electron chi connectivity index (χ4n) is 3.48. The van der Waals surface area contributed by atoms with Gasteiger partial charge in [-0.1, -0.05) is 30.3 Å². The van der Waals surface area contributed by atoms with Gasteiger partial charge in [-0.15, -0.1) is 0 Å². The number of benzene rings is 1. The zero-order valence-corrected chi connectivity index (χ0v) is 17.8. The lowest BCUT2D eigenvalue weighted by molar-refractivity contribution is 0.311. The van der Waals surface area contributed by atoms with Crippen molar-refractivity contribution in [3.05, 3.63) is 60.4 Å². The molecule has 5 rings (SSSR count). The van der Waals surface area contributed by atoms with E-state index < -0.39 is 0 Å². The van der Waals surface area contributed by atoms with E-state index in [1.807, 2.05) is 36.4 Å².